The summed E-state index contributed by atoms with van der Waals surface area (Å²) in [6.07, 6.45) is 4.18. The Labute approximate surface area is 184 Å². The summed E-state index contributed by atoms with van der Waals surface area (Å²) in [7, 11) is 0. The average molecular weight is 349 g/mol. The molecule has 3 rings (SSSR count). The maximum Gasteiger partial charge on any atom is 1.00 e. The molecule has 0 N–H and O–H groups in total. The molecule has 1 unspecified atom stereocenters. The first-order valence-corrected chi connectivity index (χ1v) is 8.01. The number of benzene rings is 1. The van der Waals surface area contributed by atoms with Crippen LogP contribution >= 0.6 is 0 Å². The number of ketones is 1. The summed E-state index contributed by atoms with van der Waals surface area (Å²) in [4.78, 5) is 24.6. The third-order valence-electron chi connectivity index (χ3n) is 4.57. The molecule has 0 saturated carbocycles. The monoisotopic (exact) mass is 349 g/mol. The van der Waals surface area contributed by atoms with Crippen LogP contribution in [0.25, 0.3) is 0 Å². The zero-order valence-corrected chi connectivity index (χ0v) is 17.6. The Morgan fingerprint density at radius 1 is 1.21 bits per heavy atom. The normalized spacial score (nSPS) is 16.7. The zero-order chi connectivity index (χ0) is 16.6. The van der Waals surface area contributed by atoms with Crippen molar-refractivity contribution in [3.8, 4) is 0 Å². The molecule has 1 aliphatic rings. The number of carbonyl (C=O) groups excluding carboxylic acids is 2. The van der Waals surface area contributed by atoms with E-state index in [1.165, 1.54) is 0 Å². The van der Waals surface area contributed by atoms with Gasteiger partial charge in [0, 0.05) is 35.5 Å². The van der Waals surface area contributed by atoms with Crippen molar-refractivity contribution >= 4 is 11.8 Å². The second kappa shape index (κ2) is 8.10. The molecular formula is C19H20KNO3. The second-order valence-corrected chi connectivity index (χ2v) is 6.33. The molecule has 5 heteroatoms. The molecule has 4 nitrogen and oxygen atoms in total. The van der Waals surface area contributed by atoms with E-state index in [2.05, 4.69) is 0 Å². The van der Waals surface area contributed by atoms with Crippen molar-refractivity contribution in [2.75, 3.05) is 0 Å². The second-order valence-electron chi connectivity index (χ2n) is 6.33. The van der Waals surface area contributed by atoms with Crippen molar-refractivity contribution in [2.24, 2.45) is 0 Å². The fourth-order valence-corrected chi connectivity index (χ4v) is 3.50. The number of hydrogen-bond donors (Lipinski definition) is 0. The van der Waals surface area contributed by atoms with Crippen LogP contribution in [0.15, 0.2) is 30.5 Å². The van der Waals surface area contributed by atoms with Crippen molar-refractivity contribution < 1.29 is 66.1 Å². The van der Waals surface area contributed by atoms with E-state index in [1.807, 2.05) is 42.8 Å². The number of carbonyl (C=O) groups is 2. The molecule has 0 amide bonds. The number of aromatic nitrogens is 1. The quantitative estimate of drug-likeness (QED) is 0.547. The Morgan fingerprint density at radius 2 is 1.96 bits per heavy atom. The van der Waals surface area contributed by atoms with Gasteiger partial charge in [-0.25, -0.2) is 0 Å². The van der Waals surface area contributed by atoms with Crippen molar-refractivity contribution in [2.45, 2.75) is 45.6 Å². The van der Waals surface area contributed by atoms with Crippen molar-refractivity contribution in [3.63, 3.8) is 0 Å². The number of aryl methyl sites for hydroxylation is 3. The van der Waals surface area contributed by atoms with Gasteiger partial charge in [0.15, 0.2) is 5.78 Å². The van der Waals surface area contributed by atoms with Crippen LogP contribution in [0.5, 0.6) is 0 Å². The van der Waals surface area contributed by atoms with Gasteiger partial charge in [0.1, 0.15) is 0 Å². The fraction of sp³-hybridized carbons (Fsp3) is 0.368. The predicted molar refractivity (Wildman–Crippen MR) is 85.4 cm³/mol. The van der Waals surface area contributed by atoms with E-state index in [9.17, 15) is 14.7 Å². The Bertz CT molecular complexity index is 779. The van der Waals surface area contributed by atoms with Gasteiger partial charge in [-0.05, 0) is 38.3 Å². The molecule has 2 heterocycles. The van der Waals surface area contributed by atoms with E-state index in [-0.39, 0.29) is 57.2 Å². The summed E-state index contributed by atoms with van der Waals surface area (Å²) < 4.78 is 1.94. The van der Waals surface area contributed by atoms with E-state index in [0.717, 1.165) is 30.5 Å². The van der Waals surface area contributed by atoms with Gasteiger partial charge in [-0.15, -0.1) is 0 Å². The van der Waals surface area contributed by atoms with Gasteiger partial charge in [-0.2, -0.15) is 0 Å². The Hall–Kier alpha value is -0.724. The molecule has 24 heavy (non-hydrogen) atoms. The SMILES string of the molecule is Cc1cccc(C(=O)c2c(C)cn3c2C(C(=O)[O-])CCCC3)c1.[K+]. The van der Waals surface area contributed by atoms with E-state index in [4.69, 9.17) is 0 Å². The first-order chi connectivity index (χ1) is 11.0. The molecular weight excluding hydrogens is 329 g/mol. The summed E-state index contributed by atoms with van der Waals surface area (Å²) in [5, 5.41) is 11.6. The molecule has 1 aromatic carbocycles. The van der Waals surface area contributed by atoms with Gasteiger partial charge in [0.25, 0.3) is 0 Å². The number of fused-ring (bicyclic) bond motifs is 1. The van der Waals surface area contributed by atoms with Gasteiger partial charge in [-0.3, -0.25) is 4.79 Å². The topological polar surface area (TPSA) is 62.1 Å². The van der Waals surface area contributed by atoms with Gasteiger partial charge in [0.05, 0.1) is 5.97 Å². The molecule has 2 aromatic rings. The van der Waals surface area contributed by atoms with Crippen LogP contribution in [0.3, 0.4) is 0 Å². The number of rotatable bonds is 3. The van der Waals surface area contributed by atoms with Gasteiger partial charge in [-0.1, -0.05) is 30.2 Å². The van der Waals surface area contributed by atoms with Gasteiger partial charge in [0.2, 0.25) is 0 Å². The summed E-state index contributed by atoms with van der Waals surface area (Å²) in [6, 6.07) is 7.41. The van der Waals surface area contributed by atoms with Crippen molar-refractivity contribution in [1.82, 2.24) is 4.57 Å². The van der Waals surface area contributed by atoms with Crippen LogP contribution in [0.2, 0.25) is 0 Å². The summed E-state index contributed by atoms with van der Waals surface area (Å²) in [5.74, 6) is -1.91. The van der Waals surface area contributed by atoms with Crippen LogP contribution in [0.4, 0.5) is 0 Å². The first kappa shape index (κ1) is 19.6. The van der Waals surface area contributed by atoms with E-state index >= 15 is 0 Å². The largest absolute Gasteiger partial charge is 1.00 e. The molecule has 0 radical (unpaired) electrons. The number of hydrogen-bond acceptors (Lipinski definition) is 3. The molecule has 0 fully saturated rings. The number of carboxylic acids is 1. The smallest absolute Gasteiger partial charge is 0.549 e. The first-order valence-electron chi connectivity index (χ1n) is 8.01. The Kier molecular flexibility index (Phi) is 6.62. The molecule has 0 aliphatic carbocycles. The minimum absolute atomic E-state index is 0. The fourth-order valence-electron chi connectivity index (χ4n) is 3.50. The molecule has 1 atom stereocenters. The maximum absolute atomic E-state index is 13.0. The molecule has 0 spiro atoms. The molecule has 0 bridgehead atoms. The zero-order valence-electron chi connectivity index (χ0n) is 14.5. The van der Waals surface area contributed by atoms with E-state index < -0.39 is 11.9 Å². The molecule has 120 valence electrons. The minimum Gasteiger partial charge on any atom is -0.549 e. The van der Waals surface area contributed by atoms with Crippen LogP contribution in [-0.2, 0) is 11.3 Å². The molecule has 0 saturated heterocycles. The third-order valence-corrected chi connectivity index (χ3v) is 4.57. The van der Waals surface area contributed by atoms with Crippen molar-refractivity contribution in [1.29, 1.82) is 0 Å². The van der Waals surface area contributed by atoms with E-state index in [1.54, 1.807) is 6.07 Å². The summed E-state index contributed by atoms with van der Waals surface area (Å²) in [5.41, 5.74) is 3.59. The van der Waals surface area contributed by atoms with Gasteiger partial charge < -0.3 is 14.5 Å². The summed E-state index contributed by atoms with van der Waals surface area (Å²) in [6.45, 7) is 4.56. The van der Waals surface area contributed by atoms with E-state index in [0.29, 0.717) is 23.2 Å². The van der Waals surface area contributed by atoms with Crippen LogP contribution in [0.1, 0.15) is 57.9 Å². The number of nitrogens with zero attached hydrogens (tertiary/aromatic N) is 1. The van der Waals surface area contributed by atoms with Gasteiger partial charge >= 0.3 is 51.4 Å². The van der Waals surface area contributed by atoms with Crippen LogP contribution in [0, 0.1) is 13.8 Å². The number of aliphatic carboxylic acids is 1. The molecule has 1 aliphatic heterocycles. The van der Waals surface area contributed by atoms with Crippen LogP contribution < -0.4 is 56.5 Å². The number of carboxylic acid groups (broad SMARTS) is 1. The predicted octanol–water partition coefficient (Wildman–Crippen LogP) is -0.643. The third kappa shape index (κ3) is 3.75. The average Bonchev–Trinajstić information content (AvgIpc) is 2.68. The van der Waals surface area contributed by atoms with Crippen LogP contribution in [-0.4, -0.2) is 16.3 Å². The minimum atomic E-state index is -1.09. The standard InChI is InChI=1S/C19H21NO3.K/c1-12-6-5-7-14(10-12)18(21)16-13(2)11-20-9-4-3-8-15(17(16)20)19(22)23;/h5-7,10-11,15H,3-4,8-9H2,1-2H3,(H,22,23);/q;+1/p-1. The Balaban J connectivity index is 0.00000208. The summed E-state index contributed by atoms with van der Waals surface area (Å²) >= 11 is 0. The van der Waals surface area contributed by atoms with Crippen molar-refractivity contribution in [3.05, 3.63) is 58.4 Å². The molecule has 1 aromatic heterocycles. The maximum atomic E-state index is 13.0. The Morgan fingerprint density at radius 3 is 2.62 bits per heavy atom.